The van der Waals surface area contributed by atoms with Crippen molar-refractivity contribution in [3.05, 3.63) is 47.5 Å². The summed E-state index contributed by atoms with van der Waals surface area (Å²) in [4.78, 5) is 18.9. The number of nitrogens with zero attached hydrogens (tertiary/aromatic N) is 2. The summed E-state index contributed by atoms with van der Waals surface area (Å²) in [5.41, 5.74) is 0.486. The molecule has 0 aliphatic carbocycles. The molecule has 4 heterocycles. The Bertz CT molecular complexity index is 778. The largest absolute Gasteiger partial charge is 0.472 e. The number of aromatic nitrogens is 1. The summed E-state index contributed by atoms with van der Waals surface area (Å²) in [6, 6.07) is 7.47. The summed E-state index contributed by atoms with van der Waals surface area (Å²) in [5, 5.41) is 0. The smallest absolute Gasteiger partial charge is 0.257 e. The maximum absolute atomic E-state index is 12.7. The Balaban J connectivity index is 1.35. The number of pyridine rings is 1. The second kappa shape index (κ2) is 6.76. The van der Waals surface area contributed by atoms with Gasteiger partial charge < -0.3 is 18.8 Å². The average molecular weight is 356 g/mol. The molecule has 1 spiro atoms. The number of likely N-dealkylation sites (tertiary alicyclic amines) is 1. The third-order valence-corrected chi connectivity index (χ3v) is 5.33. The molecule has 0 unspecified atom stereocenters. The first-order chi connectivity index (χ1) is 12.5. The van der Waals surface area contributed by atoms with E-state index >= 15 is 0 Å². The van der Waals surface area contributed by atoms with E-state index < -0.39 is 0 Å². The maximum Gasteiger partial charge on any atom is 0.257 e. The van der Waals surface area contributed by atoms with Crippen LogP contribution in [0.1, 0.15) is 41.1 Å². The molecule has 2 aromatic heterocycles. The van der Waals surface area contributed by atoms with Crippen molar-refractivity contribution in [2.75, 3.05) is 19.7 Å². The predicted octanol–water partition coefficient (Wildman–Crippen LogP) is 3.13. The SMILES string of the molecule is Cc1cc(C(=O)N2CCC3(CC2)C[C@H](Oc2ccccn2)CO3)c(C)o1. The number of ether oxygens (including phenoxy) is 2. The van der Waals surface area contributed by atoms with Crippen LogP contribution in [-0.2, 0) is 4.74 Å². The van der Waals surface area contributed by atoms with Crippen LogP contribution in [0.3, 0.4) is 0 Å². The zero-order valence-corrected chi connectivity index (χ0v) is 15.2. The summed E-state index contributed by atoms with van der Waals surface area (Å²) in [7, 11) is 0. The summed E-state index contributed by atoms with van der Waals surface area (Å²) in [5.74, 6) is 2.15. The Morgan fingerprint density at radius 3 is 2.77 bits per heavy atom. The van der Waals surface area contributed by atoms with Crippen LogP contribution in [0.15, 0.2) is 34.9 Å². The van der Waals surface area contributed by atoms with Gasteiger partial charge in [0.05, 0.1) is 17.8 Å². The molecule has 138 valence electrons. The van der Waals surface area contributed by atoms with Crippen molar-refractivity contribution in [1.82, 2.24) is 9.88 Å². The molecule has 6 heteroatoms. The fourth-order valence-electron chi connectivity index (χ4n) is 3.95. The van der Waals surface area contributed by atoms with Crippen LogP contribution in [0.4, 0.5) is 0 Å². The van der Waals surface area contributed by atoms with Gasteiger partial charge in [0, 0.05) is 31.8 Å². The molecule has 1 atom stereocenters. The molecule has 26 heavy (non-hydrogen) atoms. The van der Waals surface area contributed by atoms with E-state index in [1.165, 1.54) is 0 Å². The Labute approximate surface area is 153 Å². The molecule has 2 aromatic rings. The summed E-state index contributed by atoms with van der Waals surface area (Å²) in [6.07, 6.45) is 4.25. The quantitative estimate of drug-likeness (QED) is 0.845. The molecule has 2 fully saturated rings. The minimum absolute atomic E-state index is 0.0194. The first kappa shape index (κ1) is 17.1. The van der Waals surface area contributed by atoms with Crippen LogP contribution in [0, 0.1) is 13.8 Å². The normalized spacial score (nSPS) is 21.9. The number of amides is 1. The van der Waals surface area contributed by atoms with Crippen LogP contribution in [0.25, 0.3) is 0 Å². The van der Waals surface area contributed by atoms with Crippen molar-refractivity contribution < 1.29 is 18.7 Å². The van der Waals surface area contributed by atoms with Gasteiger partial charge in [-0.1, -0.05) is 6.07 Å². The summed E-state index contributed by atoms with van der Waals surface area (Å²) in [6.45, 7) is 5.66. The van der Waals surface area contributed by atoms with Gasteiger partial charge in [-0.05, 0) is 38.8 Å². The lowest BCUT2D eigenvalue weighted by Gasteiger charge is -2.38. The van der Waals surface area contributed by atoms with E-state index in [1.807, 2.05) is 43.0 Å². The van der Waals surface area contributed by atoms with Crippen molar-refractivity contribution in [3.8, 4) is 5.88 Å². The van der Waals surface area contributed by atoms with Gasteiger partial charge in [0.15, 0.2) is 0 Å². The Kier molecular flexibility index (Phi) is 4.44. The minimum Gasteiger partial charge on any atom is -0.472 e. The second-order valence-electron chi connectivity index (χ2n) is 7.23. The Morgan fingerprint density at radius 2 is 2.12 bits per heavy atom. The van der Waals surface area contributed by atoms with Crippen molar-refractivity contribution in [3.63, 3.8) is 0 Å². The molecule has 0 aromatic carbocycles. The van der Waals surface area contributed by atoms with Crippen LogP contribution >= 0.6 is 0 Å². The molecule has 6 nitrogen and oxygen atoms in total. The molecular weight excluding hydrogens is 332 g/mol. The van der Waals surface area contributed by atoms with Crippen molar-refractivity contribution >= 4 is 5.91 Å². The number of carbonyl (C=O) groups excluding carboxylic acids is 1. The lowest BCUT2D eigenvalue weighted by Crippen LogP contribution is -2.46. The highest BCUT2D eigenvalue weighted by Crippen LogP contribution is 2.37. The molecule has 1 amide bonds. The van der Waals surface area contributed by atoms with Gasteiger partial charge in [0.25, 0.3) is 5.91 Å². The molecule has 0 N–H and O–H groups in total. The van der Waals surface area contributed by atoms with Gasteiger partial charge in [-0.3, -0.25) is 4.79 Å². The number of aryl methyl sites for hydroxylation is 2. The van der Waals surface area contributed by atoms with E-state index in [4.69, 9.17) is 13.9 Å². The molecule has 0 saturated carbocycles. The van der Waals surface area contributed by atoms with Crippen LogP contribution in [0.2, 0.25) is 0 Å². The summed E-state index contributed by atoms with van der Waals surface area (Å²) < 4.78 is 17.6. The number of hydrogen-bond donors (Lipinski definition) is 0. The first-order valence-electron chi connectivity index (χ1n) is 9.13. The molecular formula is C20H24N2O4. The molecule has 2 aliphatic heterocycles. The zero-order chi connectivity index (χ0) is 18.1. The highest BCUT2D eigenvalue weighted by atomic mass is 16.6. The summed E-state index contributed by atoms with van der Waals surface area (Å²) >= 11 is 0. The van der Waals surface area contributed by atoms with Crippen LogP contribution in [-0.4, -0.2) is 47.2 Å². The topological polar surface area (TPSA) is 64.8 Å². The third kappa shape index (κ3) is 3.33. The Morgan fingerprint density at radius 1 is 1.31 bits per heavy atom. The van der Waals surface area contributed by atoms with Crippen molar-refractivity contribution in [1.29, 1.82) is 0 Å². The molecule has 0 bridgehead atoms. The highest BCUT2D eigenvalue weighted by Gasteiger charge is 2.44. The lowest BCUT2D eigenvalue weighted by molar-refractivity contribution is -0.0396. The highest BCUT2D eigenvalue weighted by molar-refractivity contribution is 5.95. The van der Waals surface area contributed by atoms with Crippen molar-refractivity contribution in [2.24, 2.45) is 0 Å². The van der Waals surface area contributed by atoms with E-state index in [2.05, 4.69) is 4.98 Å². The molecule has 4 rings (SSSR count). The molecule has 2 saturated heterocycles. The predicted molar refractivity (Wildman–Crippen MR) is 95.3 cm³/mol. The maximum atomic E-state index is 12.7. The second-order valence-corrected chi connectivity index (χ2v) is 7.23. The Hall–Kier alpha value is -2.34. The van der Waals surface area contributed by atoms with E-state index in [9.17, 15) is 4.79 Å². The van der Waals surface area contributed by atoms with E-state index in [-0.39, 0.29) is 17.6 Å². The van der Waals surface area contributed by atoms with E-state index in [0.29, 0.717) is 36.9 Å². The van der Waals surface area contributed by atoms with E-state index in [1.54, 1.807) is 6.20 Å². The lowest BCUT2D eigenvalue weighted by atomic mass is 9.87. The van der Waals surface area contributed by atoms with Gasteiger partial charge >= 0.3 is 0 Å². The molecule has 2 aliphatic rings. The van der Waals surface area contributed by atoms with Gasteiger partial charge in [-0.25, -0.2) is 4.98 Å². The fourth-order valence-corrected chi connectivity index (χ4v) is 3.95. The minimum atomic E-state index is -0.183. The fraction of sp³-hybridized carbons (Fsp3) is 0.500. The standard InChI is InChI=1S/C20H24N2O4/c1-14-11-17(15(2)25-14)19(23)22-9-6-20(7-10-22)12-16(13-24-20)26-18-5-3-4-8-21-18/h3-5,8,11,16H,6-7,9-10,12-13H2,1-2H3/t16-/m0/s1. The van der Waals surface area contributed by atoms with Gasteiger partial charge in [0.2, 0.25) is 5.88 Å². The first-order valence-corrected chi connectivity index (χ1v) is 9.13. The number of hydrogen-bond acceptors (Lipinski definition) is 5. The number of furan rings is 1. The number of rotatable bonds is 3. The number of carbonyl (C=O) groups is 1. The molecule has 0 radical (unpaired) electrons. The van der Waals surface area contributed by atoms with Crippen molar-refractivity contribution in [2.45, 2.75) is 44.8 Å². The average Bonchev–Trinajstić information content (AvgIpc) is 3.18. The monoisotopic (exact) mass is 356 g/mol. The zero-order valence-electron chi connectivity index (χ0n) is 15.2. The van der Waals surface area contributed by atoms with Crippen LogP contribution in [0.5, 0.6) is 5.88 Å². The van der Waals surface area contributed by atoms with Gasteiger partial charge in [0.1, 0.15) is 17.6 Å². The number of piperidine rings is 1. The van der Waals surface area contributed by atoms with Gasteiger partial charge in [-0.2, -0.15) is 0 Å². The van der Waals surface area contributed by atoms with Crippen LogP contribution < -0.4 is 4.74 Å². The van der Waals surface area contributed by atoms with E-state index in [0.717, 1.165) is 25.0 Å². The van der Waals surface area contributed by atoms with Gasteiger partial charge in [-0.15, -0.1) is 0 Å². The third-order valence-electron chi connectivity index (χ3n) is 5.33.